The fraction of sp³-hybridized carbons (Fsp3) is 0. The SMILES string of the molecule is c1ccc(-c2cc(-c3ccccc3)cc(N(c3ccc(-c4ccc5c(c4)c(-c4ccccc4)c(-c4ccccc4)c4ccccc45)cc3)c3cccc4sc5ccccc5c34)c2)cc1. The Bertz CT molecular complexity index is 3570. The lowest BCUT2D eigenvalue weighted by Gasteiger charge is -2.28. The molecule has 12 rings (SSSR count). The third-order valence-corrected chi connectivity index (χ3v) is 13.8. The first-order valence-corrected chi connectivity index (χ1v) is 22.7. The van der Waals surface area contributed by atoms with Crippen LogP contribution in [0.5, 0.6) is 0 Å². The molecule has 0 unspecified atom stereocenters. The van der Waals surface area contributed by atoms with Crippen molar-refractivity contribution in [3.8, 4) is 55.6 Å². The monoisotopic (exact) mass is 831 g/mol. The second kappa shape index (κ2) is 16.0. The molecule has 11 aromatic carbocycles. The van der Waals surface area contributed by atoms with Crippen molar-refractivity contribution in [1.82, 2.24) is 0 Å². The van der Waals surface area contributed by atoms with Gasteiger partial charge in [-0.3, -0.25) is 0 Å². The van der Waals surface area contributed by atoms with Gasteiger partial charge < -0.3 is 4.90 Å². The largest absolute Gasteiger partial charge is 0.310 e. The normalized spacial score (nSPS) is 11.4. The van der Waals surface area contributed by atoms with Gasteiger partial charge in [-0.25, -0.2) is 0 Å². The highest BCUT2D eigenvalue weighted by Crippen LogP contribution is 2.48. The van der Waals surface area contributed by atoms with Gasteiger partial charge in [0.05, 0.1) is 5.69 Å². The third-order valence-electron chi connectivity index (χ3n) is 12.6. The predicted octanol–water partition coefficient (Wildman–Crippen LogP) is 18.2. The lowest BCUT2D eigenvalue weighted by Crippen LogP contribution is -2.10. The molecular formula is C62H41NS. The first kappa shape index (κ1) is 37.7. The van der Waals surface area contributed by atoms with Crippen molar-refractivity contribution in [3.05, 3.63) is 249 Å². The van der Waals surface area contributed by atoms with Gasteiger partial charge in [-0.2, -0.15) is 0 Å². The van der Waals surface area contributed by atoms with Gasteiger partial charge in [0.15, 0.2) is 0 Å². The number of hydrogen-bond acceptors (Lipinski definition) is 2. The van der Waals surface area contributed by atoms with E-state index in [1.54, 1.807) is 0 Å². The maximum absolute atomic E-state index is 2.47. The Morgan fingerprint density at radius 1 is 0.250 bits per heavy atom. The molecule has 0 bridgehead atoms. The van der Waals surface area contributed by atoms with Gasteiger partial charge in [0, 0.05) is 31.5 Å². The highest BCUT2D eigenvalue weighted by molar-refractivity contribution is 7.26. The Labute approximate surface area is 377 Å². The molecule has 0 radical (unpaired) electrons. The lowest BCUT2D eigenvalue weighted by atomic mass is 9.84. The number of fused-ring (bicyclic) bond motifs is 6. The Morgan fingerprint density at radius 3 is 1.34 bits per heavy atom. The smallest absolute Gasteiger partial charge is 0.0554 e. The van der Waals surface area contributed by atoms with E-state index in [1.165, 1.54) is 97.4 Å². The molecule has 64 heavy (non-hydrogen) atoms. The predicted molar refractivity (Wildman–Crippen MR) is 276 cm³/mol. The topological polar surface area (TPSA) is 3.24 Å². The Balaban J connectivity index is 1.07. The van der Waals surface area contributed by atoms with Crippen LogP contribution in [0.1, 0.15) is 0 Å². The van der Waals surface area contributed by atoms with Gasteiger partial charge in [-0.1, -0.05) is 194 Å². The number of thiophene rings is 1. The molecule has 0 saturated carbocycles. The van der Waals surface area contributed by atoms with E-state index in [0.717, 1.165) is 17.1 Å². The summed E-state index contributed by atoms with van der Waals surface area (Å²) >= 11 is 1.86. The molecule has 0 saturated heterocycles. The maximum atomic E-state index is 2.47. The molecule has 0 N–H and O–H groups in total. The summed E-state index contributed by atoms with van der Waals surface area (Å²) in [5, 5.41) is 7.56. The number of hydrogen-bond donors (Lipinski definition) is 0. The van der Waals surface area contributed by atoms with Crippen LogP contribution in [0.3, 0.4) is 0 Å². The van der Waals surface area contributed by atoms with Crippen molar-refractivity contribution >= 4 is 70.1 Å². The molecular weight excluding hydrogens is 791 g/mol. The number of rotatable bonds is 8. The Kier molecular flexibility index (Phi) is 9.43. The van der Waals surface area contributed by atoms with Crippen LogP contribution in [0, 0.1) is 0 Å². The molecule has 12 aromatic rings. The van der Waals surface area contributed by atoms with Gasteiger partial charge in [0.2, 0.25) is 0 Å². The quantitative estimate of drug-likeness (QED) is 0.138. The maximum Gasteiger partial charge on any atom is 0.0554 e. The van der Waals surface area contributed by atoms with Crippen molar-refractivity contribution in [1.29, 1.82) is 0 Å². The van der Waals surface area contributed by atoms with Crippen molar-refractivity contribution in [2.75, 3.05) is 4.90 Å². The average Bonchev–Trinajstić information content (AvgIpc) is 3.77. The minimum absolute atomic E-state index is 1.10. The van der Waals surface area contributed by atoms with Crippen molar-refractivity contribution in [3.63, 3.8) is 0 Å². The van der Waals surface area contributed by atoms with Crippen LogP contribution in [0.4, 0.5) is 17.1 Å². The minimum atomic E-state index is 1.10. The summed E-state index contributed by atoms with van der Waals surface area (Å²) in [5.41, 5.74) is 15.4. The van der Waals surface area contributed by atoms with Crippen LogP contribution in [0.15, 0.2) is 249 Å². The van der Waals surface area contributed by atoms with Crippen LogP contribution in [-0.2, 0) is 0 Å². The zero-order chi connectivity index (χ0) is 42.4. The van der Waals surface area contributed by atoms with E-state index >= 15 is 0 Å². The molecule has 0 fully saturated rings. The standard InChI is InChI=1S/C62H41NS/c1-5-18-42(19-6-1)48-38-49(43-20-7-2-8-21-43)40-51(39-48)63(57-29-17-31-59-62(57)55-28-15-16-30-58(55)64-59)50-35-32-44(33-36-50)47-34-37-53-52-26-13-14-27-54(52)60(45-22-9-3-10-23-45)61(56(53)41-47)46-24-11-4-12-25-46/h1-41H. The van der Waals surface area contributed by atoms with Crippen LogP contribution < -0.4 is 4.90 Å². The third kappa shape index (κ3) is 6.64. The van der Waals surface area contributed by atoms with E-state index in [1.807, 2.05) is 11.3 Å². The van der Waals surface area contributed by atoms with E-state index < -0.39 is 0 Å². The van der Waals surface area contributed by atoms with Crippen LogP contribution in [0.2, 0.25) is 0 Å². The second-order valence-corrected chi connectivity index (χ2v) is 17.5. The van der Waals surface area contributed by atoms with Crippen molar-refractivity contribution in [2.45, 2.75) is 0 Å². The highest BCUT2D eigenvalue weighted by atomic mass is 32.1. The summed E-state index contributed by atoms with van der Waals surface area (Å²) in [6.45, 7) is 0. The average molecular weight is 832 g/mol. The molecule has 0 aliphatic heterocycles. The van der Waals surface area contributed by atoms with Crippen molar-refractivity contribution in [2.24, 2.45) is 0 Å². The second-order valence-electron chi connectivity index (χ2n) is 16.4. The number of nitrogens with zero attached hydrogens (tertiary/aromatic N) is 1. The molecule has 1 aromatic heterocycles. The summed E-state index contributed by atoms with van der Waals surface area (Å²) < 4.78 is 2.56. The summed E-state index contributed by atoms with van der Waals surface area (Å²) in [5.74, 6) is 0. The van der Waals surface area contributed by atoms with E-state index in [0.29, 0.717) is 0 Å². The molecule has 0 aliphatic rings. The summed E-state index contributed by atoms with van der Waals surface area (Å²) in [7, 11) is 0. The molecule has 1 nitrogen and oxygen atoms in total. The molecule has 1 heterocycles. The molecule has 2 heteroatoms. The van der Waals surface area contributed by atoms with Crippen LogP contribution in [0.25, 0.3) is 97.4 Å². The Morgan fingerprint density at radius 2 is 0.719 bits per heavy atom. The van der Waals surface area contributed by atoms with Gasteiger partial charge in [-0.05, 0) is 132 Å². The van der Waals surface area contributed by atoms with E-state index in [4.69, 9.17) is 0 Å². The fourth-order valence-electron chi connectivity index (χ4n) is 9.69. The van der Waals surface area contributed by atoms with E-state index in [-0.39, 0.29) is 0 Å². The minimum Gasteiger partial charge on any atom is -0.310 e. The van der Waals surface area contributed by atoms with Crippen LogP contribution >= 0.6 is 11.3 Å². The molecule has 0 aliphatic carbocycles. The summed E-state index contributed by atoms with van der Waals surface area (Å²) in [4.78, 5) is 2.47. The van der Waals surface area contributed by atoms with Gasteiger partial charge in [0.1, 0.15) is 0 Å². The van der Waals surface area contributed by atoms with Crippen molar-refractivity contribution < 1.29 is 0 Å². The number of benzene rings is 11. The molecule has 300 valence electrons. The zero-order valence-electron chi connectivity index (χ0n) is 35.0. The van der Waals surface area contributed by atoms with E-state index in [2.05, 4.69) is 254 Å². The lowest BCUT2D eigenvalue weighted by molar-refractivity contribution is 1.30. The molecule has 0 amide bonds. The number of anilines is 3. The van der Waals surface area contributed by atoms with Gasteiger partial charge in [0.25, 0.3) is 0 Å². The zero-order valence-corrected chi connectivity index (χ0v) is 35.8. The van der Waals surface area contributed by atoms with E-state index in [9.17, 15) is 0 Å². The first-order chi connectivity index (χ1) is 31.7. The Hall–Kier alpha value is -8.04. The first-order valence-electron chi connectivity index (χ1n) is 21.9. The van der Waals surface area contributed by atoms with Gasteiger partial charge in [-0.15, -0.1) is 11.3 Å². The highest BCUT2D eigenvalue weighted by Gasteiger charge is 2.22. The summed E-state index contributed by atoms with van der Waals surface area (Å²) in [6.07, 6.45) is 0. The fourth-order valence-corrected chi connectivity index (χ4v) is 10.8. The van der Waals surface area contributed by atoms with Gasteiger partial charge >= 0.3 is 0 Å². The molecule has 0 spiro atoms. The molecule has 0 atom stereocenters. The summed E-state index contributed by atoms with van der Waals surface area (Å²) in [6, 6.07) is 91.0. The van der Waals surface area contributed by atoms with Crippen LogP contribution in [-0.4, -0.2) is 0 Å².